The van der Waals surface area contributed by atoms with Crippen molar-refractivity contribution in [2.75, 3.05) is 19.6 Å². The van der Waals surface area contributed by atoms with Crippen LogP contribution in [0.15, 0.2) is 106 Å². The van der Waals surface area contributed by atoms with Crippen molar-refractivity contribution in [2.45, 2.75) is 29.7 Å². The van der Waals surface area contributed by atoms with Gasteiger partial charge in [0.1, 0.15) is 11.9 Å². The van der Waals surface area contributed by atoms with Gasteiger partial charge < -0.3 is 4.57 Å². The van der Waals surface area contributed by atoms with Crippen LogP contribution in [0.5, 0.6) is 0 Å². The number of amides is 1. The van der Waals surface area contributed by atoms with Crippen LogP contribution in [-0.2, 0) is 24.8 Å². The number of halogens is 1. The Morgan fingerprint density at radius 2 is 1.44 bits per heavy atom. The third-order valence-electron chi connectivity index (χ3n) is 7.27. The molecule has 1 aliphatic heterocycles. The van der Waals surface area contributed by atoms with Crippen LogP contribution in [0.1, 0.15) is 17.0 Å². The molecule has 1 atom stereocenters. The fourth-order valence-electron chi connectivity index (χ4n) is 5.09. The monoisotopic (exact) mass is 623 g/mol. The van der Waals surface area contributed by atoms with E-state index >= 15 is 0 Å². The number of hydrogen-bond donors (Lipinski definition) is 1. The standard InChI is InChI=1S/C30H30FN5O5S2/c1-22-19-24(23(2)36(22)28-16-10-9-15-27(28)31)20-32-33-30(37)29-21-34(42(38,39)25-11-5-3-6-12-25)17-18-35(29)43(40,41)26-13-7-4-8-14-26/h3-16,19-20,29H,17-18,21H2,1-2H3,(H,33,37)/b32-20-/t29-/m0/s1. The van der Waals surface area contributed by atoms with Crippen molar-refractivity contribution in [3.05, 3.63) is 114 Å². The molecule has 10 nitrogen and oxygen atoms in total. The lowest BCUT2D eigenvalue weighted by atomic mass is 10.2. The molecule has 1 N–H and O–H groups in total. The van der Waals surface area contributed by atoms with Crippen molar-refractivity contribution in [3.8, 4) is 5.69 Å². The maximum absolute atomic E-state index is 14.5. The van der Waals surface area contributed by atoms with Gasteiger partial charge in [0.25, 0.3) is 5.91 Å². The second kappa shape index (κ2) is 12.2. The summed E-state index contributed by atoms with van der Waals surface area (Å²) < 4.78 is 72.2. The molecule has 2 heterocycles. The number of sulfonamides is 2. The SMILES string of the molecule is Cc1cc(/C=N\NC(=O)[C@@H]2CN(S(=O)(=O)c3ccccc3)CCN2S(=O)(=O)c2ccccc2)c(C)n1-c1ccccc1F. The zero-order valence-corrected chi connectivity index (χ0v) is 25.1. The highest BCUT2D eigenvalue weighted by Gasteiger charge is 2.43. The van der Waals surface area contributed by atoms with Crippen molar-refractivity contribution in [1.29, 1.82) is 0 Å². The van der Waals surface area contributed by atoms with Crippen LogP contribution >= 0.6 is 0 Å². The second-order valence-corrected chi connectivity index (χ2v) is 13.8. The van der Waals surface area contributed by atoms with Gasteiger partial charge in [-0.05, 0) is 56.3 Å². The summed E-state index contributed by atoms with van der Waals surface area (Å²) in [5, 5.41) is 4.06. The molecule has 1 amide bonds. The van der Waals surface area contributed by atoms with Gasteiger partial charge >= 0.3 is 0 Å². The number of nitrogens with one attached hydrogen (secondary N) is 1. The molecule has 0 bridgehead atoms. The molecule has 1 fully saturated rings. The molecule has 0 unspecified atom stereocenters. The van der Waals surface area contributed by atoms with E-state index in [1.807, 2.05) is 6.92 Å². The Kier molecular flexibility index (Phi) is 8.60. The van der Waals surface area contributed by atoms with Gasteiger partial charge in [0, 0.05) is 36.6 Å². The van der Waals surface area contributed by atoms with E-state index in [9.17, 15) is 26.0 Å². The summed E-state index contributed by atoms with van der Waals surface area (Å²) in [6, 6.07) is 22.1. The maximum Gasteiger partial charge on any atom is 0.259 e. The van der Waals surface area contributed by atoms with E-state index in [1.54, 1.807) is 72.2 Å². The van der Waals surface area contributed by atoms with Crippen LogP contribution in [-0.4, -0.2) is 67.8 Å². The predicted molar refractivity (Wildman–Crippen MR) is 160 cm³/mol. The molecule has 4 aromatic rings. The molecule has 0 spiro atoms. The minimum atomic E-state index is -4.15. The van der Waals surface area contributed by atoms with Crippen LogP contribution < -0.4 is 5.43 Å². The average molecular weight is 624 g/mol. The summed E-state index contributed by atoms with van der Waals surface area (Å²) in [4.78, 5) is 13.5. The summed E-state index contributed by atoms with van der Waals surface area (Å²) in [7, 11) is -8.15. The van der Waals surface area contributed by atoms with Crippen molar-refractivity contribution in [2.24, 2.45) is 5.10 Å². The Morgan fingerprint density at radius 3 is 2.07 bits per heavy atom. The van der Waals surface area contributed by atoms with Crippen LogP contribution in [0.4, 0.5) is 4.39 Å². The van der Waals surface area contributed by atoms with Gasteiger partial charge in [-0.15, -0.1) is 0 Å². The Hall–Kier alpha value is -4.17. The number of rotatable bonds is 8. The molecule has 1 aliphatic rings. The lowest BCUT2D eigenvalue weighted by molar-refractivity contribution is -0.125. The predicted octanol–water partition coefficient (Wildman–Crippen LogP) is 3.45. The molecule has 3 aromatic carbocycles. The fraction of sp³-hybridized carbons (Fsp3) is 0.200. The molecule has 1 aromatic heterocycles. The van der Waals surface area contributed by atoms with Crippen molar-refractivity contribution >= 4 is 32.2 Å². The molecule has 0 aliphatic carbocycles. The summed E-state index contributed by atoms with van der Waals surface area (Å²) in [6.07, 6.45) is 1.38. The zero-order valence-electron chi connectivity index (χ0n) is 23.5. The van der Waals surface area contributed by atoms with E-state index in [0.717, 1.165) is 14.3 Å². The number of hydrazone groups is 1. The number of piperazine rings is 1. The van der Waals surface area contributed by atoms with Crippen molar-refractivity contribution < 1.29 is 26.0 Å². The molecule has 0 saturated carbocycles. The van der Waals surface area contributed by atoms with Crippen LogP contribution in [0.2, 0.25) is 0 Å². The topological polar surface area (TPSA) is 121 Å². The highest BCUT2D eigenvalue weighted by molar-refractivity contribution is 7.89. The second-order valence-electron chi connectivity index (χ2n) is 9.97. The van der Waals surface area contributed by atoms with Crippen molar-refractivity contribution in [1.82, 2.24) is 18.6 Å². The normalized spacial score (nSPS) is 16.9. The summed E-state index contributed by atoms with van der Waals surface area (Å²) in [6.45, 7) is 2.80. The minimum Gasteiger partial charge on any atom is -0.315 e. The smallest absolute Gasteiger partial charge is 0.259 e. The van der Waals surface area contributed by atoms with E-state index in [4.69, 9.17) is 0 Å². The Morgan fingerprint density at radius 1 is 0.860 bits per heavy atom. The number of hydrogen-bond acceptors (Lipinski definition) is 6. The van der Waals surface area contributed by atoms with Gasteiger partial charge in [-0.25, -0.2) is 26.7 Å². The van der Waals surface area contributed by atoms with Gasteiger partial charge in [-0.2, -0.15) is 13.7 Å². The van der Waals surface area contributed by atoms with E-state index in [-0.39, 0.29) is 22.9 Å². The first-order valence-electron chi connectivity index (χ1n) is 13.4. The van der Waals surface area contributed by atoms with Crippen LogP contribution in [0.3, 0.4) is 0 Å². The van der Waals surface area contributed by atoms with E-state index < -0.39 is 44.4 Å². The number of nitrogens with zero attached hydrogens (tertiary/aromatic N) is 4. The first-order chi connectivity index (χ1) is 20.5. The first-order valence-corrected chi connectivity index (χ1v) is 16.3. The lowest BCUT2D eigenvalue weighted by Crippen LogP contribution is -2.60. The summed E-state index contributed by atoms with van der Waals surface area (Å²) in [5.41, 5.74) is 4.78. The van der Waals surface area contributed by atoms with Gasteiger partial charge in [0.05, 0.1) is 21.7 Å². The molecule has 0 radical (unpaired) electrons. The van der Waals surface area contributed by atoms with E-state index in [1.165, 1.54) is 36.5 Å². The quantitative estimate of drug-likeness (QED) is 0.238. The molecule has 43 heavy (non-hydrogen) atoms. The third kappa shape index (κ3) is 6.02. The van der Waals surface area contributed by atoms with E-state index in [2.05, 4.69) is 10.5 Å². The van der Waals surface area contributed by atoms with Crippen LogP contribution in [0.25, 0.3) is 5.69 Å². The van der Waals surface area contributed by atoms with Crippen LogP contribution in [0, 0.1) is 19.7 Å². The Bertz CT molecular complexity index is 1880. The molecule has 13 heteroatoms. The maximum atomic E-state index is 14.5. The summed E-state index contributed by atoms with van der Waals surface area (Å²) >= 11 is 0. The zero-order chi connectivity index (χ0) is 30.8. The average Bonchev–Trinajstić information content (AvgIpc) is 3.29. The molecule has 1 saturated heterocycles. The highest BCUT2D eigenvalue weighted by atomic mass is 32.2. The number of benzene rings is 3. The lowest BCUT2D eigenvalue weighted by Gasteiger charge is -2.38. The van der Waals surface area contributed by atoms with E-state index in [0.29, 0.717) is 16.9 Å². The molecule has 5 rings (SSSR count). The molecule has 224 valence electrons. The fourth-order valence-corrected chi connectivity index (χ4v) is 8.14. The largest absolute Gasteiger partial charge is 0.315 e. The molecular formula is C30H30FN5O5S2. The number of para-hydroxylation sites is 1. The number of carbonyl (C=O) groups is 1. The molecular weight excluding hydrogens is 593 g/mol. The Balaban J connectivity index is 1.42. The van der Waals surface area contributed by atoms with Crippen molar-refractivity contribution in [3.63, 3.8) is 0 Å². The van der Waals surface area contributed by atoms with Gasteiger partial charge in [-0.3, -0.25) is 4.79 Å². The number of aromatic nitrogens is 1. The first kappa shape index (κ1) is 30.3. The summed E-state index contributed by atoms with van der Waals surface area (Å²) in [5.74, 6) is -1.19. The third-order valence-corrected chi connectivity index (χ3v) is 11.1. The minimum absolute atomic E-state index is 0.0174. The number of carbonyl (C=O) groups excluding carboxylic acids is 1. The Labute approximate surface area is 250 Å². The van der Waals surface area contributed by atoms with Gasteiger partial charge in [0.2, 0.25) is 20.0 Å². The number of aryl methyl sites for hydroxylation is 1. The van der Waals surface area contributed by atoms with Gasteiger partial charge in [-0.1, -0.05) is 48.5 Å². The highest BCUT2D eigenvalue weighted by Crippen LogP contribution is 2.26. The van der Waals surface area contributed by atoms with Gasteiger partial charge in [0.15, 0.2) is 0 Å².